The summed E-state index contributed by atoms with van der Waals surface area (Å²) in [5.41, 5.74) is 1.11. The number of rotatable bonds is 2. The van der Waals surface area contributed by atoms with Crippen LogP contribution in [0.1, 0.15) is 23.3 Å². The van der Waals surface area contributed by atoms with Crippen molar-refractivity contribution in [1.29, 1.82) is 0 Å². The van der Waals surface area contributed by atoms with Crippen LogP contribution in [0.5, 0.6) is 0 Å². The zero-order valence-electron chi connectivity index (χ0n) is 9.11. The number of nitrogens with zero attached hydrogens (tertiary/aromatic N) is 1. The van der Waals surface area contributed by atoms with Gasteiger partial charge in [0.15, 0.2) is 0 Å². The lowest BCUT2D eigenvalue weighted by molar-refractivity contribution is 0.0946. The van der Waals surface area contributed by atoms with Crippen LogP contribution in [-0.4, -0.2) is 16.9 Å². The van der Waals surface area contributed by atoms with Crippen molar-refractivity contribution in [2.75, 3.05) is 0 Å². The van der Waals surface area contributed by atoms with Gasteiger partial charge in [-0.05, 0) is 25.0 Å². The maximum Gasteiger partial charge on any atom is 0.271 e. The van der Waals surface area contributed by atoms with Crippen LogP contribution >= 0.6 is 11.6 Å². The quantitative estimate of drug-likeness (QED) is 0.885. The lowest BCUT2D eigenvalue weighted by Gasteiger charge is -2.06. The molecule has 1 aromatic heterocycles. The molecule has 2 aromatic rings. The zero-order valence-corrected chi connectivity index (χ0v) is 9.87. The summed E-state index contributed by atoms with van der Waals surface area (Å²) in [5.74, 6) is -0.178. The number of amides is 1. The lowest BCUT2D eigenvalue weighted by atomic mass is 10.2. The van der Waals surface area contributed by atoms with E-state index in [4.69, 9.17) is 11.6 Å². The highest BCUT2D eigenvalue weighted by molar-refractivity contribution is 6.34. The van der Waals surface area contributed by atoms with E-state index in [1.54, 1.807) is 6.07 Å². The molecular weight excluding hydrogens is 236 g/mol. The molecule has 3 nitrogen and oxygen atoms in total. The first-order chi connectivity index (χ1) is 8.24. The largest absolute Gasteiger partial charge is 0.348 e. The Kier molecular flexibility index (Phi) is 2.48. The maximum atomic E-state index is 11.9. The highest BCUT2D eigenvalue weighted by Gasteiger charge is 2.25. The van der Waals surface area contributed by atoms with Gasteiger partial charge in [0.1, 0.15) is 5.69 Å². The summed E-state index contributed by atoms with van der Waals surface area (Å²) in [5, 5.41) is 4.24. The number of carbonyl (C=O) groups excluding carboxylic acids is 1. The van der Waals surface area contributed by atoms with Gasteiger partial charge in [0.25, 0.3) is 5.91 Å². The molecule has 1 saturated carbocycles. The van der Waals surface area contributed by atoms with Crippen LogP contribution < -0.4 is 5.32 Å². The molecule has 86 valence electrons. The van der Waals surface area contributed by atoms with E-state index in [1.807, 2.05) is 24.3 Å². The van der Waals surface area contributed by atoms with E-state index in [0.717, 1.165) is 23.7 Å². The smallest absolute Gasteiger partial charge is 0.271 e. The summed E-state index contributed by atoms with van der Waals surface area (Å²) in [6.45, 7) is 0. The van der Waals surface area contributed by atoms with Gasteiger partial charge in [0.2, 0.25) is 0 Å². The lowest BCUT2D eigenvalue weighted by Crippen LogP contribution is -2.26. The molecule has 4 heteroatoms. The van der Waals surface area contributed by atoms with Crippen molar-refractivity contribution >= 4 is 28.4 Å². The van der Waals surface area contributed by atoms with Crippen molar-refractivity contribution in [3.8, 4) is 0 Å². The fourth-order valence-electron chi connectivity index (χ4n) is 1.73. The van der Waals surface area contributed by atoms with E-state index in [-0.39, 0.29) is 5.91 Å². The molecule has 1 heterocycles. The molecule has 1 N–H and O–H groups in total. The van der Waals surface area contributed by atoms with Crippen LogP contribution in [0, 0.1) is 0 Å². The van der Waals surface area contributed by atoms with Crippen LogP contribution in [0.4, 0.5) is 0 Å². The molecule has 0 saturated heterocycles. The molecule has 1 aliphatic rings. The number of nitrogens with one attached hydrogen (secondary N) is 1. The second-order valence-corrected chi connectivity index (χ2v) is 4.67. The zero-order chi connectivity index (χ0) is 11.8. The Morgan fingerprint density at radius 2 is 2.12 bits per heavy atom. The summed E-state index contributed by atoms with van der Waals surface area (Å²) < 4.78 is 0. The van der Waals surface area contributed by atoms with E-state index < -0.39 is 0 Å². The summed E-state index contributed by atoms with van der Waals surface area (Å²) >= 11 is 6.08. The Balaban J connectivity index is 2.02. The number of pyridine rings is 1. The first kappa shape index (κ1) is 10.5. The monoisotopic (exact) mass is 246 g/mol. The van der Waals surface area contributed by atoms with E-state index >= 15 is 0 Å². The standard InChI is InChI=1S/C13H11ClN2O/c14-10-7-8-3-1-2-4-11(8)16-12(10)13(17)15-9-5-6-9/h1-4,7,9H,5-6H2,(H,15,17). The molecule has 3 rings (SSSR count). The van der Waals surface area contributed by atoms with Gasteiger partial charge in [-0.1, -0.05) is 29.8 Å². The molecular formula is C13H11ClN2O. The van der Waals surface area contributed by atoms with Crippen molar-refractivity contribution in [3.05, 3.63) is 41.0 Å². The summed E-state index contributed by atoms with van der Waals surface area (Å²) in [7, 11) is 0. The predicted octanol–water partition coefficient (Wildman–Crippen LogP) is 2.78. The number of halogens is 1. The number of fused-ring (bicyclic) bond motifs is 1. The molecule has 1 aromatic carbocycles. The Bertz CT molecular complexity index is 593. The Hall–Kier alpha value is -1.61. The molecule has 1 amide bonds. The molecule has 0 atom stereocenters. The van der Waals surface area contributed by atoms with Crippen LogP contribution in [0.3, 0.4) is 0 Å². The van der Waals surface area contributed by atoms with E-state index in [9.17, 15) is 4.79 Å². The Labute approximate surface area is 104 Å². The third-order valence-corrected chi connectivity index (χ3v) is 3.09. The third kappa shape index (κ3) is 2.11. The first-order valence-corrected chi connectivity index (χ1v) is 5.98. The van der Waals surface area contributed by atoms with Gasteiger partial charge in [0.05, 0.1) is 10.5 Å². The summed E-state index contributed by atoms with van der Waals surface area (Å²) in [6, 6.07) is 9.71. The number of benzene rings is 1. The average molecular weight is 247 g/mol. The summed E-state index contributed by atoms with van der Waals surface area (Å²) in [4.78, 5) is 16.2. The molecule has 0 bridgehead atoms. The van der Waals surface area contributed by atoms with Gasteiger partial charge in [0, 0.05) is 11.4 Å². The minimum Gasteiger partial charge on any atom is -0.348 e. The Morgan fingerprint density at radius 3 is 2.88 bits per heavy atom. The molecule has 0 aliphatic heterocycles. The van der Waals surface area contributed by atoms with E-state index in [2.05, 4.69) is 10.3 Å². The second kappa shape index (κ2) is 4.00. The van der Waals surface area contributed by atoms with Gasteiger partial charge < -0.3 is 5.32 Å². The minimum atomic E-state index is -0.178. The van der Waals surface area contributed by atoms with Gasteiger partial charge in [-0.2, -0.15) is 0 Å². The molecule has 0 unspecified atom stereocenters. The average Bonchev–Trinajstić information content (AvgIpc) is 3.12. The van der Waals surface area contributed by atoms with Crippen LogP contribution in [-0.2, 0) is 0 Å². The van der Waals surface area contributed by atoms with Gasteiger partial charge in [-0.25, -0.2) is 4.98 Å². The number of para-hydroxylation sites is 1. The van der Waals surface area contributed by atoms with E-state index in [0.29, 0.717) is 16.8 Å². The van der Waals surface area contributed by atoms with Crippen molar-refractivity contribution < 1.29 is 4.79 Å². The van der Waals surface area contributed by atoms with Crippen molar-refractivity contribution in [2.45, 2.75) is 18.9 Å². The fraction of sp³-hybridized carbons (Fsp3) is 0.231. The van der Waals surface area contributed by atoms with Gasteiger partial charge in [-0.3, -0.25) is 4.79 Å². The van der Waals surface area contributed by atoms with Gasteiger partial charge in [-0.15, -0.1) is 0 Å². The number of carbonyl (C=O) groups is 1. The molecule has 0 radical (unpaired) electrons. The van der Waals surface area contributed by atoms with Gasteiger partial charge >= 0.3 is 0 Å². The van der Waals surface area contributed by atoms with Crippen molar-refractivity contribution in [2.24, 2.45) is 0 Å². The fourth-order valence-corrected chi connectivity index (χ4v) is 1.98. The van der Waals surface area contributed by atoms with Crippen molar-refractivity contribution in [1.82, 2.24) is 10.3 Å². The topological polar surface area (TPSA) is 42.0 Å². The molecule has 17 heavy (non-hydrogen) atoms. The van der Waals surface area contributed by atoms with E-state index in [1.165, 1.54) is 0 Å². The van der Waals surface area contributed by atoms with Crippen molar-refractivity contribution in [3.63, 3.8) is 0 Å². The predicted molar refractivity (Wildman–Crippen MR) is 67.2 cm³/mol. The minimum absolute atomic E-state index is 0.178. The number of hydrogen-bond acceptors (Lipinski definition) is 2. The normalized spacial score (nSPS) is 14.9. The second-order valence-electron chi connectivity index (χ2n) is 4.26. The molecule has 1 fully saturated rings. The maximum absolute atomic E-state index is 11.9. The Morgan fingerprint density at radius 1 is 1.35 bits per heavy atom. The number of hydrogen-bond donors (Lipinski definition) is 1. The van der Waals surface area contributed by atoms with Crippen LogP contribution in [0.25, 0.3) is 10.9 Å². The first-order valence-electron chi connectivity index (χ1n) is 5.60. The molecule has 1 aliphatic carbocycles. The number of aromatic nitrogens is 1. The summed E-state index contributed by atoms with van der Waals surface area (Å²) in [6.07, 6.45) is 2.11. The third-order valence-electron chi connectivity index (χ3n) is 2.81. The highest BCUT2D eigenvalue weighted by Crippen LogP contribution is 2.23. The van der Waals surface area contributed by atoms with Crippen LogP contribution in [0.15, 0.2) is 30.3 Å². The molecule has 0 spiro atoms. The van der Waals surface area contributed by atoms with Crippen LogP contribution in [0.2, 0.25) is 5.02 Å². The highest BCUT2D eigenvalue weighted by atomic mass is 35.5. The SMILES string of the molecule is O=C(NC1CC1)c1nc2ccccc2cc1Cl.